The van der Waals surface area contributed by atoms with Crippen LogP contribution in [0, 0.1) is 0 Å². The number of guanidine groups is 1. The smallest absolute Gasteiger partial charge is 0.192 e. The number of nitrogens with zero attached hydrogens (tertiary/aromatic N) is 2. The van der Waals surface area contributed by atoms with Crippen molar-refractivity contribution < 1.29 is 4.74 Å². The molecule has 2 unspecified atom stereocenters. The zero-order chi connectivity index (χ0) is 13.2. The maximum Gasteiger partial charge on any atom is 0.192 e. The monoisotopic (exact) mass is 247 g/mol. The summed E-state index contributed by atoms with van der Waals surface area (Å²) >= 11 is 0. The number of aliphatic imine (C=N–C) groups is 1. The fourth-order valence-electron chi connectivity index (χ4n) is 2.30. The fourth-order valence-corrected chi connectivity index (χ4v) is 2.30. The number of benzene rings is 1. The third kappa shape index (κ3) is 2.20. The van der Waals surface area contributed by atoms with Crippen LogP contribution < -0.4 is 5.73 Å². The van der Waals surface area contributed by atoms with Gasteiger partial charge >= 0.3 is 0 Å². The molecule has 0 bridgehead atoms. The molecule has 0 saturated carbocycles. The third-order valence-electron chi connectivity index (χ3n) is 3.87. The van der Waals surface area contributed by atoms with E-state index in [4.69, 9.17) is 10.5 Å². The predicted molar refractivity (Wildman–Crippen MR) is 73.4 cm³/mol. The van der Waals surface area contributed by atoms with Gasteiger partial charge in [-0.3, -0.25) is 4.99 Å². The Morgan fingerprint density at radius 3 is 2.72 bits per heavy atom. The van der Waals surface area contributed by atoms with Crippen molar-refractivity contribution in [2.75, 3.05) is 13.7 Å². The lowest BCUT2D eigenvalue weighted by atomic mass is 9.94. The van der Waals surface area contributed by atoms with Gasteiger partial charge in [0.2, 0.25) is 0 Å². The Morgan fingerprint density at radius 1 is 1.44 bits per heavy atom. The van der Waals surface area contributed by atoms with E-state index in [0.717, 1.165) is 6.54 Å². The summed E-state index contributed by atoms with van der Waals surface area (Å²) < 4.78 is 5.48. The van der Waals surface area contributed by atoms with Gasteiger partial charge in [0.25, 0.3) is 0 Å². The van der Waals surface area contributed by atoms with Gasteiger partial charge in [-0.1, -0.05) is 30.3 Å². The lowest BCUT2D eigenvalue weighted by Crippen LogP contribution is -2.55. The summed E-state index contributed by atoms with van der Waals surface area (Å²) in [5.41, 5.74) is 7.07. The highest BCUT2D eigenvalue weighted by Crippen LogP contribution is 2.28. The highest BCUT2D eigenvalue weighted by molar-refractivity contribution is 5.81. The summed E-state index contributed by atoms with van der Waals surface area (Å²) in [4.78, 5) is 6.51. The molecule has 0 fully saturated rings. The molecule has 0 radical (unpaired) electrons. The average Bonchev–Trinajstić information content (AvgIpc) is 2.68. The second-order valence-corrected chi connectivity index (χ2v) is 4.98. The quantitative estimate of drug-likeness (QED) is 0.879. The number of methoxy groups -OCH3 is 1. The zero-order valence-electron chi connectivity index (χ0n) is 11.3. The number of ether oxygens (including phenoxy) is 1. The van der Waals surface area contributed by atoms with E-state index < -0.39 is 0 Å². The van der Waals surface area contributed by atoms with Gasteiger partial charge in [0, 0.05) is 13.7 Å². The van der Waals surface area contributed by atoms with Crippen LogP contribution in [-0.4, -0.2) is 36.2 Å². The van der Waals surface area contributed by atoms with Gasteiger partial charge in [0.1, 0.15) is 0 Å². The first-order chi connectivity index (χ1) is 8.58. The van der Waals surface area contributed by atoms with Crippen LogP contribution in [0.25, 0.3) is 0 Å². The molecule has 4 nitrogen and oxygen atoms in total. The van der Waals surface area contributed by atoms with Crippen LogP contribution in [-0.2, 0) is 11.3 Å². The van der Waals surface area contributed by atoms with Crippen LogP contribution in [0.1, 0.15) is 19.4 Å². The maximum atomic E-state index is 6.02. The second kappa shape index (κ2) is 4.98. The Morgan fingerprint density at radius 2 is 2.11 bits per heavy atom. The molecule has 98 valence electrons. The SMILES string of the molecule is COC(C)C1(C)CN=C(N)N1Cc1ccccc1. The molecule has 18 heavy (non-hydrogen) atoms. The van der Waals surface area contributed by atoms with Crippen molar-refractivity contribution in [3.63, 3.8) is 0 Å². The molecule has 1 aromatic rings. The van der Waals surface area contributed by atoms with Gasteiger partial charge < -0.3 is 15.4 Å². The summed E-state index contributed by atoms with van der Waals surface area (Å²) in [5, 5.41) is 0. The van der Waals surface area contributed by atoms with E-state index >= 15 is 0 Å². The average molecular weight is 247 g/mol. The van der Waals surface area contributed by atoms with E-state index in [1.807, 2.05) is 18.2 Å². The lowest BCUT2D eigenvalue weighted by molar-refractivity contribution is 0.00436. The topological polar surface area (TPSA) is 50.9 Å². The van der Waals surface area contributed by atoms with Crippen LogP contribution in [0.5, 0.6) is 0 Å². The van der Waals surface area contributed by atoms with E-state index in [-0.39, 0.29) is 11.6 Å². The molecule has 2 N–H and O–H groups in total. The maximum absolute atomic E-state index is 6.02. The number of hydrogen-bond donors (Lipinski definition) is 1. The van der Waals surface area contributed by atoms with Crippen LogP contribution >= 0.6 is 0 Å². The number of nitrogens with two attached hydrogens (primary N) is 1. The van der Waals surface area contributed by atoms with Crippen molar-refractivity contribution >= 4 is 5.96 Å². The molecule has 1 aliphatic rings. The molecule has 0 spiro atoms. The molecule has 1 aliphatic heterocycles. The van der Waals surface area contributed by atoms with Gasteiger partial charge in [0.05, 0.1) is 18.2 Å². The summed E-state index contributed by atoms with van der Waals surface area (Å²) in [6.45, 7) is 5.65. The molecule has 2 rings (SSSR count). The van der Waals surface area contributed by atoms with Crippen LogP contribution in [0.2, 0.25) is 0 Å². The normalized spacial score (nSPS) is 25.1. The van der Waals surface area contributed by atoms with E-state index in [9.17, 15) is 0 Å². The molecule has 0 amide bonds. The third-order valence-corrected chi connectivity index (χ3v) is 3.87. The Bertz CT molecular complexity index is 432. The Balaban J connectivity index is 2.20. The van der Waals surface area contributed by atoms with Crippen molar-refractivity contribution in [1.82, 2.24) is 4.90 Å². The van der Waals surface area contributed by atoms with Crippen LogP contribution in [0.3, 0.4) is 0 Å². The molecule has 0 aliphatic carbocycles. The number of rotatable bonds is 4. The van der Waals surface area contributed by atoms with Crippen LogP contribution in [0.15, 0.2) is 35.3 Å². The molecule has 1 aromatic carbocycles. The standard InChI is InChI=1S/C14H21N3O/c1-11(18-3)14(2)10-16-13(15)17(14)9-12-7-5-4-6-8-12/h4-8,11H,9-10H2,1-3H3,(H2,15,16). The van der Waals surface area contributed by atoms with Crippen molar-refractivity contribution in [3.8, 4) is 0 Å². The van der Waals surface area contributed by atoms with Gasteiger partial charge in [0.15, 0.2) is 5.96 Å². The molecule has 1 heterocycles. The minimum atomic E-state index is -0.172. The number of hydrogen-bond acceptors (Lipinski definition) is 4. The predicted octanol–water partition coefficient (Wildman–Crippen LogP) is 1.61. The Hall–Kier alpha value is -1.55. The first-order valence-electron chi connectivity index (χ1n) is 6.22. The van der Waals surface area contributed by atoms with E-state index in [2.05, 4.69) is 35.9 Å². The van der Waals surface area contributed by atoms with Gasteiger partial charge in [-0.05, 0) is 19.4 Å². The summed E-state index contributed by atoms with van der Waals surface area (Å²) in [5.74, 6) is 0.602. The Labute approximate surface area is 108 Å². The Kier molecular flexibility index (Phi) is 3.57. The summed E-state index contributed by atoms with van der Waals surface area (Å²) in [7, 11) is 1.73. The van der Waals surface area contributed by atoms with Gasteiger partial charge in [-0.15, -0.1) is 0 Å². The van der Waals surface area contributed by atoms with E-state index in [0.29, 0.717) is 12.5 Å². The zero-order valence-corrected chi connectivity index (χ0v) is 11.3. The molecule has 0 saturated heterocycles. The fraction of sp³-hybridized carbons (Fsp3) is 0.500. The molecule has 2 atom stereocenters. The van der Waals surface area contributed by atoms with Crippen molar-refractivity contribution in [3.05, 3.63) is 35.9 Å². The highest BCUT2D eigenvalue weighted by Gasteiger charge is 2.42. The minimum absolute atomic E-state index is 0.0750. The second-order valence-electron chi connectivity index (χ2n) is 4.98. The molecular weight excluding hydrogens is 226 g/mol. The summed E-state index contributed by atoms with van der Waals surface area (Å²) in [6.07, 6.45) is 0.0750. The minimum Gasteiger partial charge on any atom is -0.379 e. The highest BCUT2D eigenvalue weighted by atomic mass is 16.5. The molecule has 4 heteroatoms. The van der Waals surface area contributed by atoms with Gasteiger partial charge in [-0.25, -0.2) is 0 Å². The summed E-state index contributed by atoms with van der Waals surface area (Å²) in [6, 6.07) is 10.3. The van der Waals surface area contributed by atoms with Gasteiger partial charge in [-0.2, -0.15) is 0 Å². The molecule has 0 aromatic heterocycles. The lowest BCUT2D eigenvalue weighted by Gasteiger charge is -2.40. The van der Waals surface area contributed by atoms with E-state index in [1.54, 1.807) is 7.11 Å². The van der Waals surface area contributed by atoms with Crippen molar-refractivity contribution in [2.45, 2.75) is 32.0 Å². The van der Waals surface area contributed by atoms with Crippen LogP contribution in [0.4, 0.5) is 0 Å². The first-order valence-corrected chi connectivity index (χ1v) is 6.22. The van der Waals surface area contributed by atoms with Crippen molar-refractivity contribution in [2.24, 2.45) is 10.7 Å². The van der Waals surface area contributed by atoms with E-state index in [1.165, 1.54) is 5.56 Å². The van der Waals surface area contributed by atoms with Crippen molar-refractivity contribution in [1.29, 1.82) is 0 Å². The molecular formula is C14H21N3O. The first kappa shape index (κ1) is 12.9. The largest absolute Gasteiger partial charge is 0.379 e.